The van der Waals surface area contributed by atoms with Gasteiger partial charge in [-0.25, -0.2) is 14.2 Å². The molecule has 10 nitrogen and oxygen atoms in total. The third-order valence-corrected chi connectivity index (χ3v) is 9.09. The number of ether oxygens (including phenoxy) is 2. The molecule has 0 unspecified atom stereocenters. The molecule has 0 bridgehead atoms. The second kappa shape index (κ2) is 17.3. The molecular formula is C38H42Cl2F2N6O4. The van der Waals surface area contributed by atoms with Crippen molar-refractivity contribution in [3.05, 3.63) is 87.9 Å². The number of rotatable bonds is 14. The molecule has 14 heteroatoms. The Balaban J connectivity index is 1.40. The highest BCUT2D eigenvalue weighted by atomic mass is 35.5. The van der Waals surface area contributed by atoms with E-state index in [0.717, 1.165) is 5.56 Å². The second-order valence-corrected chi connectivity index (χ2v) is 14.1. The average Bonchev–Trinajstić information content (AvgIpc) is 3.52. The molecule has 1 saturated heterocycles. The predicted molar refractivity (Wildman–Crippen MR) is 199 cm³/mol. The summed E-state index contributed by atoms with van der Waals surface area (Å²) in [6.45, 7) is 6.06. The molecule has 4 aromatic rings. The van der Waals surface area contributed by atoms with Crippen molar-refractivity contribution in [2.75, 3.05) is 32.2 Å². The topological polar surface area (TPSA) is 118 Å². The van der Waals surface area contributed by atoms with E-state index >= 15 is 4.39 Å². The van der Waals surface area contributed by atoms with Crippen molar-refractivity contribution in [3.63, 3.8) is 0 Å². The number of nitrogens with one attached hydrogen (secondary N) is 3. The number of nitrogens with zero attached hydrogens (tertiary/aromatic N) is 3. The van der Waals surface area contributed by atoms with Gasteiger partial charge in [0.05, 0.1) is 41.8 Å². The number of anilines is 2. The summed E-state index contributed by atoms with van der Waals surface area (Å²) in [6, 6.07) is 13.9. The van der Waals surface area contributed by atoms with Crippen molar-refractivity contribution in [2.45, 2.75) is 64.8 Å². The van der Waals surface area contributed by atoms with E-state index in [1.54, 1.807) is 68.3 Å². The molecule has 1 atom stereocenters. The molecule has 3 N–H and O–H groups in total. The first kappa shape index (κ1) is 38.7. The minimum Gasteiger partial charge on any atom is -0.496 e. The smallest absolute Gasteiger partial charge is 0.410 e. The van der Waals surface area contributed by atoms with Crippen LogP contribution in [-0.4, -0.2) is 65.4 Å². The van der Waals surface area contributed by atoms with Crippen LogP contribution < -0.4 is 20.7 Å². The van der Waals surface area contributed by atoms with Gasteiger partial charge in [0.15, 0.2) is 11.6 Å². The summed E-state index contributed by atoms with van der Waals surface area (Å²) >= 11 is 13.9. The molecule has 2 amide bonds. The molecule has 0 aliphatic carbocycles. The Bertz CT molecular complexity index is 1910. The van der Waals surface area contributed by atoms with E-state index in [1.165, 1.54) is 13.3 Å². The van der Waals surface area contributed by atoms with Crippen LogP contribution in [0.1, 0.15) is 51.2 Å². The largest absolute Gasteiger partial charge is 0.496 e. The number of alkyl halides is 1. The zero-order valence-corrected chi connectivity index (χ0v) is 31.0. The van der Waals surface area contributed by atoms with Gasteiger partial charge in [-0.05, 0) is 64.4 Å². The van der Waals surface area contributed by atoms with E-state index in [-0.39, 0.29) is 37.4 Å². The van der Waals surface area contributed by atoms with Gasteiger partial charge in [-0.3, -0.25) is 14.2 Å². The molecule has 52 heavy (non-hydrogen) atoms. The molecule has 2 aromatic carbocycles. The highest BCUT2D eigenvalue weighted by Gasteiger charge is 2.29. The van der Waals surface area contributed by atoms with E-state index in [2.05, 4.69) is 25.9 Å². The Labute approximate surface area is 312 Å². The zero-order valence-electron chi connectivity index (χ0n) is 29.5. The Morgan fingerprint density at radius 2 is 1.83 bits per heavy atom. The number of amides is 2. The van der Waals surface area contributed by atoms with Crippen LogP contribution in [0.4, 0.5) is 25.1 Å². The standard InChI is InChI=1S/C38H42Cl2F2N6O4/c1-38(2,3)52-37(50)48(22-26-11-12-31(49)46-26)21-25-10-9-23(19-30(25)51-4)35-33(40)28(14-18-44-35)27-7-5-8-29(32(27)39)47-36-34(42)24(13-17-45-36)20-43-16-6-15-41/h5,7-10,13-14,17-19,26,43H,6,11-12,15-16,20-22H2,1-4H3,(H,45,47)(H,46,49)/t26-/m0/s1. The highest BCUT2D eigenvalue weighted by Crippen LogP contribution is 2.42. The van der Waals surface area contributed by atoms with Gasteiger partial charge in [0.1, 0.15) is 11.4 Å². The predicted octanol–water partition coefficient (Wildman–Crippen LogP) is 8.47. The maximum Gasteiger partial charge on any atom is 0.410 e. The summed E-state index contributed by atoms with van der Waals surface area (Å²) in [7, 11) is 1.54. The van der Waals surface area contributed by atoms with Crippen LogP contribution in [0.5, 0.6) is 5.75 Å². The summed E-state index contributed by atoms with van der Waals surface area (Å²) in [5.74, 6) is -0.0867. The number of hydrogen-bond donors (Lipinski definition) is 3. The zero-order chi connectivity index (χ0) is 37.4. The van der Waals surface area contributed by atoms with Gasteiger partial charge in [0.2, 0.25) is 5.91 Å². The second-order valence-electron chi connectivity index (χ2n) is 13.4. The SMILES string of the molecule is COc1cc(-c2nccc(-c3cccc(Nc4nccc(CNCCCF)c4F)c3Cl)c2Cl)ccc1CN(C[C@@H]1CCC(=O)N1)C(=O)OC(C)(C)C. The lowest BCUT2D eigenvalue weighted by Crippen LogP contribution is -2.43. The summed E-state index contributed by atoms with van der Waals surface area (Å²) in [6.07, 6.45) is 3.99. The van der Waals surface area contributed by atoms with Gasteiger partial charge in [0, 0.05) is 65.8 Å². The number of carbonyl (C=O) groups is 2. The van der Waals surface area contributed by atoms with Crippen LogP contribution in [-0.2, 0) is 22.6 Å². The molecule has 2 aromatic heterocycles. The van der Waals surface area contributed by atoms with Crippen molar-refractivity contribution >= 4 is 46.7 Å². The Kier molecular flexibility index (Phi) is 12.9. The molecule has 1 aliphatic heterocycles. The number of methoxy groups -OCH3 is 1. The third-order valence-electron chi connectivity index (χ3n) is 8.30. The number of halogens is 4. The molecule has 0 saturated carbocycles. The van der Waals surface area contributed by atoms with Crippen LogP contribution in [0, 0.1) is 5.82 Å². The van der Waals surface area contributed by atoms with Gasteiger partial charge in [-0.2, -0.15) is 0 Å². The summed E-state index contributed by atoms with van der Waals surface area (Å²) in [5, 5.41) is 9.57. The van der Waals surface area contributed by atoms with E-state index < -0.39 is 24.2 Å². The van der Waals surface area contributed by atoms with Crippen LogP contribution in [0.25, 0.3) is 22.4 Å². The van der Waals surface area contributed by atoms with Gasteiger partial charge in [-0.15, -0.1) is 0 Å². The third kappa shape index (κ3) is 9.67. The molecule has 3 heterocycles. The van der Waals surface area contributed by atoms with Gasteiger partial charge >= 0.3 is 6.09 Å². The fourth-order valence-electron chi connectivity index (χ4n) is 5.78. The van der Waals surface area contributed by atoms with Crippen LogP contribution in [0.3, 0.4) is 0 Å². The molecular weight excluding hydrogens is 713 g/mol. The lowest BCUT2D eigenvalue weighted by Gasteiger charge is -2.29. The van der Waals surface area contributed by atoms with Crippen LogP contribution in [0.15, 0.2) is 60.9 Å². The quantitative estimate of drug-likeness (QED) is 0.110. The lowest BCUT2D eigenvalue weighted by atomic mass is 10.0. The molecule has 0 spiro atoms. The first-order valence-corrected chi connectivity index (χ1v) is 17.7. The van der Waals surface area contributed by atoms with Crippen LogP contribution in [0.2, 0.25) is 10.0 Å². The molecule has 1 aliphatic rings. The molecule has 0 radical (unpaired) electrons. The van der Waals surface area contributed by atoms with Crippen molar-refractivity contribution in [2.24, 2.45) is 0 Å². The van der Waals surface area contributed by atoms with Crippen molar-refractivity contribution in [1.82, 2.24) is 25.5 Å². The first-order valence-electron chi connectivity index (χ1n) is 16.9. The highest BCUT2D eigenvalue weighted by molar-refractivity contribution is 6.39. The molecule has 5 rings (SSSR count). The number of aromatic nitrogens is 2. The number of benzene rings is 2. The monoisotopic (exact) mass is 754 g/mol. The maximum absolute atomic E-state index is 15.3. The summed E-state index contributed by atoms with van der Waals surface area (Å²) < 4.78 is 39.2. The number of hydrogen-bond acceptors (Lipinski definition) is 8. The van der Waals surface area contributed by atoms with Gasteiger partial charge in [-0.1, -0.05) is 47.5 Å². The Morgan fingerprint density at radius 1 is 1.06 bits per heavy atom. The minimum absolute atomic E-state index is 0.00392. The van der Waals surface area contributed by atoms with E-state index in [9.17, 15) is 14.0 Å². The fraction of sp³-hybridized carbons (Fsp3) is 0.368. The van der Waals surface area contributed by atoms with Gasteiger partial charge < -0.3 is 30.3 Å². The average molecular weight is 756 g/mol. The number of pyridine rings is 2. The normalized spacial score (nSPS) is 14.2. The first-order chi connectivity index (χ1) is 24.9. The minimum atomic E-state index is -0.706. The fourth-order valence-corrected chi connectivity index (χ4v) is 6.38. The Hall–Kier alpha value is -4.52. The number of carbonyl (C=O) groups excluding carboxylic acids is 2. The Morgan fingerprint density at radius 3 is 2.54 bits per heavy atom. The van der Waals surface area contributed by atoms with E-state index in [1.807, 2.05) is 12.1 Å². The summed E-state index contributed by atoms with van der Waals surface area (Å²) in [4.78, 5) is 35.4. The molecule has 1 fully saturated rings. The van der Waals surface area contributed by atoms with Crippen LogP contribution >= 0.6 is 23.2 Å². The van der Waals surface area contributed by atoms with Gasteiger partial charge in [0.25, 0.3) is 0 Å². The maximum atomic E-state index is 15.3. The van der Waals surface area contributed by atoms with Crippen molar-refractivity contribution in [1.29, 1.82) is 0 Å². The molecule has 276 valence electrons. The lowest BCUT2D eigenvalue weighted by molar-refractivity contribution is -0.119. The van der Waals surface area contributed by atoms with Crippen molar-refractivity contribution in [3.8, 4) is 28.1 Å². The van der Waals surface area contributed by atoms with Crippen molar-refractivity contribution < 1.29 is 27.8 Å². The summed E-state index contributed by atoms with van der Waals surface area (Å²) in [5.41, 5.74) is 3.12. The van der Waals surface area contributed by atoms with E-state index in [4.69, 9.17) is 32.7 Å². The van der Waals surface area contributed by atoms with E-state index in [0.29, 0.717) is 75.2 Å².